The van der Waals surface area contributed by atoms with Crippen molar-refractivity contribution in [3.8, 4) is 19.5 Å². The molecule has 0 bridgehead atoms. The highest BCUT2D eigenvalue weighted by atomic mass is 32.1. The Bertz CT molecular complexity index is 3820. The minimum absolute atomic E-state index is 0.475. The molecule has 6 heterocycles. The molecule has 0 unspecified atom stereocenters. The average molecular weight is 1640 g/mol. The molecule has 0 nitrogen and oxygen atoms in total. The Hall–Kier alpha value is -4.14. The summed E-state index contributed by atoms with van der Waals surface area (Å²) in [6.07, 6.45) is 83.0. The Morgan fingerprint density at radius 3 is 0.561 bits per heavy atom. The van der Waals surface area contributed by atoms with Gasteiger partial charge in [-0.3, -0.25) is 0 Å². The number of benzene rings is 4. The second kappa shape index (κ2) is 49.6. The lowest BCUT2D eigenvalue weighted by Gasteiger charge is -2.34. The van der Waals surface area contributed by atoms with Gasteiger partial charge in [0.1, 0.15) is 0 Å². The summed E-state index contributed by atoms with van der Waals surface area (Å²) in [6, 6.07) is 46.4. The summed E-state index contributed by atoms with van der Waals surface area (Å²) in [5.41, 5.74) is 17.1. The molecule has 0 aliphatic heterocycles. The van der Waals surface area contributed by atoms with Gasteiger partial charge >= 0.3 is 0 Å². The van der Waals surface area contributed by atoms with Crippen LogP contribution in [0.15, 0.2) is 120 Å². The van der Waals surface area contributed by atoms with Crippen molar-refractivity contribution >= 4 is 96.2 Å². The molecule has 0 radical (unpaired) electrons. The first-order chi connectivity index (χ1) is 56.5. The van der Waals surface area contributed by atoms with Gasteiger partial charge < -0.3 is 0 Å². The normalized spacial score (nSPS) is 13.4. The van der Waals surface area contributed by atoms with Crippen LogP contribution in [0.5, 0.6) is 0 Å². The topological polar surface area (TPSA) is 0 Å². The minimum Gasteiger partial charge on any atom is -0.143 e. The number of thiophene rings is 6. The predicted octanol–water partition coefficient (Wildman–Crippen LogP) is 38.3. The Labute approximate surface area is 720 Å². The first kappa shape index (κ1) is 89.1. The van der Waals surface area contributed by atoms with Crippen LogP contribution in [0.2, 0.25) is 0 Å². The van der Waals surface area contributed by atoms with Crippen molar-refractivity contribution in [3.05, 3.63) is 187 Å². The Morgan fingerprint density at radius 2 is 0.360 bits per heavy atom. The maximum Gasteiger partial charge on any atom is 0.0759 e. The SMILES string of the molecule is CCCCCCCCCCCCCCCCc1ccc(C2(c3ccc(CCCCCCCCCCCCCCCC)cc3)c3c(sc4ccsc34)-c3sc4c5c(sc4c32)-c2sc3ccsc3c2C5(c2ccc(CCCCCCCCCCCCCCCC)cc2)c2ccc(CCCCCCCCCCCCCCCC)cc2)cc1. The number of hydrogen-bond donors (Lipinski definition) is 0. The van der Waals surface area contributed by atoms with Crippen LogP contribution >= 0.6 is 68.0 Å². The van der Waals surface area contributed by atoms with Gasteiger partial charge in [-0.05, 0) is 119 Å². The third-order valence-electron chi connectivity index (χ3n) is 26.8. The number of unbranched alkanes of at least 4 members (excludes halogenated alkanes) is 52. The fraction of sp³-hybridized carbons (Fsp3) is 0.611. The summed E-state index contributed by atoms with van der Waals surface area (Å²) < 4.78 is 8.94. The predicted molar refractivity (Wildman–Crippen MR) is 517 cm³/mol. The van der Waals surface area contributed by atoms with Crippen molar-refractivity contribution in [2.45, 2.75) is 424 Å². The van der Waals surface area contributed by atoms with Crippen LogP contribution in [0.4, 0.5) is 0 Å². The molecule has 0 amide bonds. The number of hydrogen-bond acceptors (Lipinski definition) is 6. The van der Waals surface area contributed by atoms with Crippen molar-refractivity contribution in [3.63, 3.8) is 0 Å². The van der Waals surface area contributed by atoms with Gasteiger partial charge in [-0.25, -0.2) is 0 Å². The van der Waals surface area contributed by atoms with E-state index >= 15 is 0 Å². The van der Waals surface area contributed by atoms with E-state index in [1.807, 2.05) is 22.7 Å². The molecule has 6 aromatic heterocycles. The van der Waals surface area contributed by atoms with Gasteiger partial charge in [0.05, 0.1) is 49.1 Å². The molecule has 4 aromatic carbocycles. The largest absolute Gasteiger partial charge is 0.143 e. The molecule has 12 rings (SSSR count). The molecule has 0 saturated heterocycles. The highest BCUT2D eigenvalue weighted by molar-refractivity contribution is 7.37. The lowest BCUT2D eigenvalue weighted by Crippen LogP contribution is -2.29. The highest BCUT2D eigenvalue weighted by Gasteiger charge is 2.56. The lowest BCUT2D eigenvalue weighted by atomic mass is 9.67. The molecule has 0 atom stereocenters. The first-order valence-corrected chi connectivity index (χ1v) is 53.6. The second-order valence-electron chi connectivity index (χ2n) is 35.8. The van der Waals surface area contributed by atoms with Crippen LogP contribution in [-0.2, 0) is 36.5 Å². The van der Waals surface area contributed by atoms with Crippen LogP contribution < -0.4 is 0 Å². The molecule has 620 valence electrons. The summed E-state index contributed by atoms with van der Waals surface area (Å²) in [6.45, 7) is 9.31. The van der Waals surface area contributed by atoms with E-state index in [0.29, 0.717) is 0 Å². The summed E-state index contributed by atoms with van der Waals surface area (Å²) in [4.78, 5) is 6.09. The minimum atomic E-state index is -0.475. The monoisotopic (exact) mass is 1640 g/mol. The lowest BCUT2D eigenvalue weighted by molar-refractivity contribution is 0.535. The van der Waals surface area contributed by atoms with E-state index in [9.17, 15) is 0 Å². The standard InChI is InChI=1S/C108H152S6/c1-5-9-13-17-21-25-29-33-37-41-45-49-53-57-61-85-65-73-89(74-66-85)107(90-75-67-86(68-76-90)62-58-54-50-46-42-38-34-30-26-22-18-14-10-6-2)95-99-93(81-83-109-99)111-101(95)103-97(107)105-106(113-103)98-104(114-105)102-96(100-94(112-102)82-84-110-100)108(98,91-77-69-87(70-78-91)63-59-55-51-47-43-39-35-31-27-23-19-15-11-7-3)92-79-71-88(72-80-92)64-60-56-52-48-44-40-36-32-28-24-20-16-12-8-4/h65-84H,5-64H2,1-4H3. The first-order valence-electron chi connectivity index (χ1n) is 48.5. The Morgan fingerprint density at radius 1 is 0.184 bits per heavy atom. The van der Waals surface area contributed by atoms with E-state index in [0.717, 1.165) is 25.7 Å². The van der Waals surface area contributed by atoms with Crippen molar-refractivity contribution in [2.75, 3.05) is 0 Å². The van der Waals surface area contributed by atoms with Gasteiger partial charge in [-0.15, -0.1) is 68.0 Å². The van der Waals surface area contributed by atoms with Gasteiger partial charge in [-0.2, -0.15) is 0 Å². The van der Waals surface area contributed by atoms with Gasteiger partial charge in [0, 0.05) is 31.7 Å². The number of fused-ring (bicyclic) bond motifs is 13. The number of aryl methyl sites for hydroxylation is 4. The van der Waals surface area contributed by atoms with E-state index in [1.54, 1.807) is 22.3 Å². The molecule has 6 heteroatoms. The zero-order chi connectivity index (χ0) is 78.5. The zero-order valence-corrected chi connectivity index (χ0v) is 77.3. The molecular formula is C108H152S6. The molecule has 2 aliphatic rings. The summed E-state index contributed by atoms with van der Waals surface area (Å²) in [7, 11) is 0. The van der Waals surface area contributed by atoms with Crippen molar-refractivity contribution < 1.29 is 0 Å². The smallest absolute Gasteiger partial charge is 0.0759 e. The fourth-order valence-electron chi connectivity index (χ4n) is 20.1. The van der Waals surface area contributed by atoms with Gasteiger partial charge in [0.15, 0.2) is 0 Å². The van der Waals surface area contributed by atoms with Crippen LogP contribution in [0.25, 0.3) is 47.7 Å². The van der Waals surface area contributed by atoms with E-state index < -0.39 is 10.8 Å². The molecule has 0 N–H and O–H groups in total. The average Bonchev–Trinajstić information content (AvgIpc) is 1.48. The third kappa shape index (κ3) is 23.7. The second-order valence-corrected chi connectivity index (χ2v) is 41.8. The van der Waals surface area contributed by atoms with Crippen LogP contribution in [0, 0.1) is 0 Å². The zero-order valence-electron chi connectivity index (χ0n) is 72.4. The summed E-state index contributed by atoms with van der Waals surface area (Å²) >= 11 is 12.5. The molecule has 2 aliphatic carbocycles. The molecule has 114 heavy (non-hydrogen) atoms. The van der Waals surface area contributed by atoms with E-state index in [4.69, 9.17) is 0 Å². The fourth-order valence-corrected chi connectivity index (χ4v) is 28.4. The van der Waals surface area contributed by atoms with Gasteiger partial charge in [0.2, 0.25) is 0 Å². The quantitative estimate of drug-likeness (QED) is 0.0333. The van der Waals surface area contributed by atoms with E-state index in [-0.39, 0.29) is 0 Å². The van der Waals surface area contributed by atoms with Crippen molar-refractivity contribution in [2.24, 2.45) is 0 Å². The summed E-state index contributed by atoms with van der Waals surface area (Å²) in [5.74, 6) is 0. The summed E-state index contributed by atoms with van der Waals surface area (Å²) in [5, 5.41) is 4.78. The molecule has 10 aromatic rings. The van der Waals surface area contributed by atoms with Crippen LogP contribution in [0.3, 0.4) is 0 Å². The number of rotatable bonds is 64. The maximum atomic E-state index is 2.62. The van der Waals surface area contributed by atoms with E-state index in [1.165, 1.54) is 452 Å². The molecule has 0 saturated carbocycles. The third-order valence-corrected chi connectivity index (χ3v) is 34.2. The van der Waals surface area contributed by atoms with Gasteiger partial charge in [-0.1, -0.05) is 459 Å². The van der Waals surface area contributed by atoms with Gasteiger partial charge in [0.25, 0.3) is 0 Å². The Kier molecular flexibility index (Phi) is 38.7. The molecule has 0 spiro atoms. The Balaban J connectivity index is 0.835. The van der Waals surface area contributed by atoms with E-state index in [2.05, 4.69) is 193 Å². The molecule has 0 fully saturated rings. The van der Waals surface area contributed by atoms with Crippen LogP contribution in [0.1, 0.15) is 454 Å². The van der Waals surface area contributed by atoms with Crippen molar-refractivity contribution in [1.29, 1.82) is 0 Å². The van der Waals surface area contributed by atoms with Crippen LogP contribution in [-0.4, -0.2) is 0 Å². The highest BCUT2D eigenvalue weighted by Crippen LogP contribution is 2.72. The molecular weight excluding hydrogens is 1490 g/mol. The van der Waals surface area contributed by atoms with Crippen molar-refractivity contribution in [1.82, 2.24) is 0 Å². The maximum absolute atomic E-state index is 2.62.